The normalized spacial score (nSPS) is 31.4. The van der Waals surface area contributed by atoms with E-state index in [1.54, 1.807) is 0 Å². The van der Waals surface area contributed by atoms with Gasteiger partial charge in [0.05, 0.1) is 0 Å². The minimum absolute atomic E-state index is 0.323. The standard InChI is InChI=1S/C17H32N2O/c1-4-14(3)19-10-8-18(9-11-19)13-16-12-15(5-2)6-7-17(16)20/h14-16H,4-13H2,1-3H3. The number of hydrogen-bond acceptors (Lipinski definition) is 3. The molecule has 0 bridgehead atoms. The van der Waals surface area contributed by atoms with E-state index < -0.39 is 0 Å². The number of carbonyl (C=O) groups excluding carboxylic acids is 1. The van der Waals surface area contributed by atoms with Crippen LogP contribution in [0.5, 0.6) is 0 Å². The van der Waals surface area contributed by atoms with E-state index >= 15 is 0 Å². The first kappa shape index (κ1) is 16.0. The summed E-state index contributed by atoms with van der Waals surface area (Å²) in [7, 11) is 0. The van der Waals surface area contributed by atoms with Gasteiger partial charge < -0.3 is 4.90 Å². The largest absolute Gasteiger partial charge is 0.300 e. The predicted molar refractivity (Wildman–Crippen MR) is 83.9 cm³/mol. The molecule has 2 aliphatic rings. The average Bonchev–Trinajstić information content (AvgIpc) is 2.49. The molecule has 0 aromatic heterocycles. The Morgan fingerprint density at radius 2 is 1.90 bits per heavy atom. The van der Waals surface area contributed by atoms with Crippen molar-refractivity contribution in [3.63, 3.8) is 0 Å². The summed E-state index contributed by atoms with van der Waals surface area (Å²) in [6, 6.07) is 0.706. The van der Waals surface area contributed by atoms with Gasteiger partial charge in [-0.15, -0.1) is 0 Å². The molecule has 3 nitrogen and oxygen atoms in total. The molecule has 20 heavy (non-hydrogen) atoms. The average molecular weight is 280 g/mol. The van der Waals surface area contributed by atoms with Crippen molar-refractivity contribution in [2.24, 2.45) is 11.8 Å². The lowest BCUT2D eigenvalue weighted by atomic mass is 9.79. The van der Waals surface area contributed by atoms with Crippen molar-refractivity contribution in [2.75, 3.05) is 32.7 Å². The zero-order chi connectivity index (χ0) is 14.5. The fourth-order valence-electron chi connectivity index (χ4n) is 3.71. The van der Waals surface area contributed by atoms with Crippen molar-refractivity contribution in [3.8, 4) is 0 Å². The van der Waals surface area contributed by atoms with Crippen LogP contribution in [0, 0.1) is 11.8 Å². The van der Waals surface area contributed by atoms with Gasteiger partial charge >= 0.3 is 0 Å². The molecule has 0 radical (unpaired) electrons. The second-order valence-electron chi connectivity index (χ2n) is 6.81. The second-order valence-corrected chi connectivity index (χ2v) is 6.81. The summed E-state index contributed by atoms with van der Waals surface area (Å²) in [6.07, 6.45) is 5.58. The first-order valence-corrected chi connectivity index (χ1v) is 8.63. The van der Waals surface area contributed by atoms with Gasteiger partial charge in [0.1, 0.15) is 5.78 Å². The summed E-state index contributed by atoms with van der Waals surface area (Å²) in [5.41, 5.74) is 0. The predicted octanol–water partition coefficient (Wildman–Crippen LogP) is 2.80. The third-order valence-electron chi connectivity index (χ3n) is 5.55. The SMILES string of the molecule is CCC1CCC(=O)C(CN2CCN(C(C)CC)CC2)C1. The fraction of sp³-hybridized carbons (Fsp3) is 0.941. The maximum absolute atomic E-state index is 12.1. The Morgan fingerprint density at radius 1 is 1.20 bits per heavy atom. The van der Waals surface area contributed by atoms with Crippen molar-refractivity contribution in [2.45, 2.75) is 58.9 Å². The molecule has 0 aromatic carbocycles. The monoisotopic (exact) mass is 280 g/mol. The summed E-state index contributed by atoms with van der Waals surface area (Å²) >= 11 is 0. The molecule has 3 heteroatoms. The van der Waals surface area contributed by atoms with Crippen LogP contribution in [-0.2, 0) is 4.79 Å². The van der Waals surface area contributed by atoms with Crippen LogP contribution in [0.25, 0.3) is 0 Å². The smallest absolute Gasteiger partial charge is 0.137 e. The maximum atomic E-state index is 12.1. The summed E-state index contributed by atoms with van der Waals surface area (Å²) in [6.45, 7) is 12.5. The van der Waals surface area contributed by atoms with E-state index in [1.165, 1.54) is 25.9 Å². The van der Waals surface area contributed by atoms with Crippen molar-refractivity contribution >= 4 is 5.78 Å². The molecule has 1 aliphatic heterocycles. The highest BCUT2D eigenvalue weighted by Gasteiger charge is 2.30. The first-order valence-electron chi connectivity index (χ1n) is 8.63. The Bertz CT molecular complexity index is 310. The summed E-state index contributed by atoms with van der Waals surface area (Å²) in [4.78, 5) is 17.2. The molecule has 1 saturated carbocycles. The minimum Gasteiger partial charge on any atom is -0.300 e. The zero-order valence-electron chi connectivity index (χ0n) is 13.6. The lowest BCUT2D eigenvalue weighted by molar-refractivity contribution is -0.126. The molecule has 1 aliphatic carbocycles. The van der Waals surface area contributed by atoms with Gasteiger partial charge in [-0.3, -0.25) is 9.69 Å². The van der Waals surface area contributed by atoms with Crippen LogP contribution in [0.4, 0.5) is 0 Å². The summed E-state index contributed by atoms with van der Waals surface area (Å²) < 4.78 is 0. The summed E-state index contributed by atoms with van der Waals surface area (Å²) in [5, 5.41) is 0. The van der Waals surface area contributed by atoms with E-state index in [0.717, 1.165) is 44.8 Å². The maximum Gasteiger partial charge on any atom is 0.137 e. The number of piperazine rings is 1. The molecule has 0 N–H and O–H groups in total. The van der Waals surface area contributed by atoms with Gasteiger partial charge in [0.15, 0.2) is 0 Å². The Labute approximate surface area is 124 Å². The number of nitrogens with zero attached hydrogens (tertiary/aromatic N) is 2. The van der Waals surface area contributed by atoms with E-state index in [1.807, 2.05) is 0 Å². The Morgan fingerprint density at radius 3 is 2.50 bits per heavy atom. The molecular formula is C17H32N2O. The Kier molecular flexibility index (Phi) is 6.03. The van der Waals surface area contributed by atoms with Crippen LogP contribution in [0.15, 0.2) is 0 Å². The fourth-order valence-corrected chi connectivity index (χ4v) is 3.71. The van der Waals surface area contributed by atoms with Crippen LogP contribution < -0.4 is 0 Å². The molecule has 2 rings (SSSR count). The van der Waals surface area contributed by atoms with Gasteiger partial charge in [0.2, 0.25) is 0 Å². The van der Waals surface area contributed by atoms with E-state index in [2.05, 4.69) is 30.6 Å². The minimum atomic E-state index is 0.323. The highest BCUT2D eigenvalue weighted by atomic mass is 16.1. The third-order valence-corrected chi connectivity index (χ3v) is 5.55. The number of carbonyl (C=O) groups is 1. The number of hydrogen-bond donors (Lipinski definition) is 0. The molecule has 3 atom stereocenters. The van der Waals surface area contributed by atoms with Crippen LogP contribution in [0.1, 0.15) is 52.9 Å². The van der Waals surface area contributed by atoms with E-state index in [9.17, 15) is 4.79 Å². The van der Waals surface area contributed by atoms with E-state index in [4.69, 9.17) is 0 Å². The molecule has 116 valence electrons. The number of ketones is 1. The second kappa shape index (κ2) is 7.56. The van der Waals surface area contributed by atoms with Crippen molar-refractivity contribution in [1.82, 2.24) is 9.80 Å². The molecular weight excluding hydrogens is 248 g/mol. The Balaban J connectivity index is 1.78. The highest BCUT2D eigenvalue weighted by molar-refractivity contribution is 5.81. The molecule has 2 fully saturated rings. The number of rotatable bonds is 5. The molecule has 0 aromatic rings. The van der Waals surface area contributed by atoms with Gasteiger partial charge in [-0.25, -0.2) is 0 Å². The quantitative estimate of drug-likeness (QED) is 0.773. The summed E-state index contributed by atoms with van der Waals surface area (Å²) in [5.74, 6) is 1.64. The van der Waals surface area contributed by atoms with Crippen molar-refractivity contribution < 1.29 is 4.79 Å². The Hall–Kier alpha value is -0.410. The highest BCUT2D eigenvalue weighted by Crippen LogP contribution is 2.29. The van der Waals surface area contributed by atoms with Gasteiger partial charge in [-0.05, 0) is 32.1 Å². The first-order chi connectivity index (χ1) is 9.63. The van der Waals surface area contributed by atoms with Crippen LogP contribution in [0.2, 0.25) is 0 Å². The van der Waals surface area contributed by atoms with E-state index in [0.29, 0.717) is 17.7 Å². The molecule has 0 amide bonds. The molecule has 1 saturated heterocycles. The van der Waals surface area contributed by atoms with Gasteiger partial charge in [0, 0.05) is 51.1 Å². The van der Waals surface area contributed by atoms with Crippen LogP contribution in [0.3, 0.4) is 0 Å². The van der Waals surface area contributed by atoms with Crippen LogP contribution >= 0.6 is 0 Å². The molecule has 3 unspecified atom stereocenters. The lowest BCUT2D eigenvalue weighted by Gasteiger charge is -2.40. The number of Topliss-reactive ketones (excluding diaryl/α,β-unsaturated/α-hetero) is 1. The van der Waals surface area contributed by atoms with Crippen molar-refractivity contribution in [1.29, 1.82) is 0 Å². The lowest BCUT2D eigenvalue weighted by Crippen LogP contribution is -2.51. The molecule has 0 spiro atoms. The topological polar surface area (TPSA) is 23.6 Å². The third kappa shape index (κ3) is 4.05. The van der Waals surface area contributed by atoms with Gasteiger partial charge in [-0.2, -0.15) is 0 Å². The van der Waals surface area contributed by atoms with Crippen molar-refractivity contribution in [3.05, 3.63) is 0 Å². The van der Waals surface area contributed by atoms with Gasteiger partial charge in [0.25, 0.3) is 0 Å². The van der Waals surface area contributed by atoms with Crippen LogP contribution in [-0.4, -0.2) is 54.3 Å². The van der Waals surface area contributed by atoms with Gasteiger partial charge in [-0.1, -0.05) is 20.3 Å². The zero-order valence-corrected chi connectivity index (χ0v) is 13.6. The van der Waals surface area contributed by atoms with E-state index in [-0.39, 0.29) is 0 Å². The molecule has 1 heterocycles.